The van der Waals surface area contributed by atoms with Gasteiger partial charge in [-0.25, -0.2) is 0 Å². The Balaban J connectivity index is 1.53. The van der Waals surface area contributed by atoms with Gasteiger partial charge in [0.05, 0.1) is 5.56 Å². The monoisotopic (exact) mass is 313 g/mol. The SMILES string of the molecule is O=C(NC1CCN(C2CC2)CC1)c1ccc(C(F)(F)F)nc1. The summed E-state index contributed by atoms with van der Waals surface area (Å²) >= 11 is 0. The summed E-state index contributed by atoms with van der Waals surface area (Å²) in [5, 5.41) is 2.89. The molecule has 1 amide bonds. The van der Waals surface area contributed by atoms with Crippen molar-refractivity contribution in [2.45, 2.75) is 43.9 Å². The molecule has 1 saturated carbocycles. The average Bonchev–Trinajstić information content (AvgIpc) is 3.32. The molecule has 1 aliphatic carbocycles. The van der Waals surface area contributed by atoms with Crippen LogP contribution < -0.4 is 5.32 Å². The minimum Gasteiger partial charge on any atom is -0.349 e. The Labute approximate surface area is 126 Å². The van der Waals surface area contributed by atoms with E-state index in [9.17, 15) is 18.0 Å². The highest BCUT2D eigenvalue weighted by atomic mass is 19.4. The first-order valence-electron chi connectivity index (χ1n) is 7.51. The van der Waals surface area contributed by atoms with Crippen molar-refractivity contribution in [2.75, 3.05) is 13.1 Å². The maximum absolute atomic E-state index is 12.4. The molecular weight excluding hydrogens is 295 g/mol. The first-order chi connectivity index (χ1) is 10.4. The quantitative estimate of drug-likeness (QED) is 0.932. The fourth-order valence-electron chi connectivity index (χ4n) is 2.81. The number of rotatable bonds is 3. The largest absolute Gasteiger partial charge is 0.433 e. The number of carbonyl (C=O) groups excluding carboxylic acids is 1. The van der Waals surface area contributed by atoms with Gasteiger partial charge in [-0.1, -0.05) is 0 Å². The second kappa shape index (κ2) is 5.87. The van der Waals surface area contributed by atoms with E-state index < -0.39 is 11.9 Å². The Kier molecular flexibility index (Phi) is 4.08. The number of carbonyl (C=O) groups is 1. The third kappa shape index (κ3) is 3.58. The predicted molar refractivity (Wildman–Crippen MR) is 74.3 cm³/mol. The van der Waals surface area contributed by atoms with Crippen LogP contribution in [0.1, 0.15) is 41.7 Å². The molecule has 0 spiro atoms. The summed E-state index contributed by atoms with van der Waals surface area (Å²) in [6.07, 6.45) is 0.817. The van der Waals surface area contributed by atoms with Crippen LogP contribution in [-0.4, -0.2) is 41.0 Å². The predicted octanol–water partition coefficient (Wildman–Crippen LogP) is 2.46. The van der Waals surface area contributed by atoms with Crippen molar-refractivity contribution < 1.29 is 18.0 Å². The molecule has 0 bridgehead atoms. The normalized spacial score (nSPS) is 20.9. The van der Waals surface area contributed by atoms with Gasteiger partial charge in [0, 0.05) is 31.4 Å². The Morgan fingerprint density at radius 3 is 2.36 bits per heavy atom. The van der Waals surface area contributed by atoms with Crippen molar-refractivity contribution in [3.8, 4) is 0 Å². The first kappa shape index (κ1) is 15.3. The van der Waals surface area contributed by atoms with Crippen LogP contribution in [-0.2, 0) is 6.18 Å². The zero-order chi connectivity index (χ0) is 15.7. The van der Waals surface area contributed by atoms with Crippen LogP contribution in [0.2, 0.25) is 0 Å². The van der Waals surface area contributed by atoms with Gasteiger partial charge in [0.15, 0.2) is 0 Å². The number of piperidine rings is 1. The number of hydrogen-bond acceptors (Lipinski definition) is 3. The number of halogens is 3. The van der Waals surface area contributed by atoms with Gasteiger partial charge >= 0.3 is 6.18 Å². The van der Waals surface area contributed by atoms with Crippen LogP contribution in [0.25, 0.3) is 0 Å². The molecule has 0 atom stereocenters. The van der Waals surface area contributed by atoms with Crippen LogP contribution in [0.15, 0.2) is 18.3 Å². The number of hydrogen-bond donors (Lipinski definition) is 1. The highest BCUT2D eigenvalue weighted by molar-refractivity contribution is 5.94. The minimum absolute atomic E-state index is 0.0878. The van der Waals surface area contributed by atoms with Crippen molar-refractivity contribution in [3.63, 3.8) is 0 Å². The van der Waals surface area contributed by atoms with Gasteiger partial charge in [0.2, 0.25) is 0 Å². The second-order valence-corrected chi connectivity index (χ2v) is 5.94. The van der Waals surface area contributed by atoms with E-state index in [1.54, 1.807) is 0 Å². The maximum atomic E-state index is 12.4. The molecular formula is C15H18F3N3O. The number of likely N-dealkylation sites (tertiary alicyclic amines) is 1. The van der Waals surface area contributed by atoms with Crippen molar-refractivity contribution >= 4 is 5.91 Å². The summed E-state index contributed by atoms with van der Waals surface area (Å²) in [6.45, 7) is 1.95. The van der Waals surface area contributed by atoms with Gasteiger partial charge in [0.25, 0.3) is 5.91 Å². The van der Waals surface area contributed by atoms with E-state index >= 15 is 0 Å². The van der Waals surface area contributed by atoms with Crippen LogP contribution in [0.4, 0.5) is 13.2 Å². The lowest BCUT2D eigenvalue weighted by Crippen LogP contribution is -2.45. The summed E-state index contributed by atoms with van der Waals surface area (Å²) in [6, 6.07) is 2.83. The average molecular weight is 313 g/mol. The van der Waals surface area contributed by atoms with Gasteiger partial charge in [-0.3, -0.25) is 9.78 Å². The molecule has 2 aliphatic rings. The summed E-state index contributed by atoms with van der Waals surface area (Å²) < 4.78 is 37.3. The van der Waals surface area contributed by atoms with Gasteiger partial charge in [0.1, 0.15) is 5.69 Å². The number of pyridine rings is 1. The van der Waals surface area contributed by atoms with Gasteiger partial charge in [-0.15, -0.1) is 0 Å². The molecule has 1 saturated heterocycles. The third-order valence-corrected chi connectivity index (χ3v) is 4.24. The maximum Gasteiger partial charge on any atom is 0.433 e. The molecule has 120 valence electrons. The lowest BCUT2D eigenvalue weighted by Gasteiger charge is -2.32. The lowest BCUT2D eigenvalue weighted by molar-refractivity contribution is -0.141. The molecule has 1 N–H and O–H groups in total. The second-order valence-electron chi connectivity index (χ2n) is 5.94. The highest BCUT2D eigenvalue weighted by Gasteiger charge is 2.33. The summed E-state index contributed by atoms with van der Waals surface area (Å²) in [7, 11) is 0. The summed E-state index contributed by atoms with van der Waals surface area (Å²) in [5.74, 6) is -0.355. The summed E-state index contributed by atoms with van der Waals surface area (Å²) in [4.78, 5) is 17.8. The molecule has 22 heavy (non-hydrogen) atoms. The van der Waals surface area contributed by atoms with E-state index in [1.807, 2.05) is 0 Å². The zero-order valence-electron chi connectivity index (χ0n) is 12.1. The third-order valence-electron chi connectivity index (χ3n) is 4.24. The summed E-state index contributed by atoms with van der Waals surface area (Å²) in [5.41, 5.74) is -0.820. The molecule has 0 aromatic carbocycles. The number of nitrogens with zero attached hydrogens (tertiary/aromatic N) is 2. The van der Waals surface area contributed by atoms with Crippen molar-refractivity contribution in [2.24, 2.45) is 0 Å². The smallest absolute Gasteiger partial charge is 0.349 e. The number of amides is 1. The molecule has 2 heterocycles. The van der Waals surface area contributed by atoms with E-state index in [1.165, 1.54) is 18.9 Å². The molecule has 0 unspecified atom stereocenters. The van der Waals surface area contributed by atoms with E-state index in [-0.39, 0.29) is 17.5 Å². The zero-order valence-corrected chi connectivity index (χ0v) is 12.1. The van der Waals surface area contributed by atoms with Crippen LogP contribution >= 0.6 is 0 Å². The lowest BCUT2D eigenvalue weighted by atomic mass is 10.0. The minimum atomic E-state index is -4.48. The number of nitrogens with one attached hydrogen (secondary N) is 1. The molecule has 0 radical (unpaired) electrons. The van der Waals surface area contributed by atoms with E-state index in [2.05, 4.69) is 15.2 Å². The highest BCUT2D eigenvalue weighted by Crippen LogP contribution is 2.29. The Bertz CT molecular complexity index is 532. The molecule has 2 fully saturated rings. The van der Waals surface area contributed by atoms with E-state index in [0.29, 0.717) is 0 Å². The molecule has 7 heteroatoms. The standard InChI is InChI=1S/C15H18F3N3O/c16-15(17,18)13-4-1-10(9-19-13)14(22)20-11-5-7-21(8-6-11)12-2-3-12/h1,4,9,11-12H,2-3,5-8H2,(H,20,22). The van der Waals surface area contributed by atoms with Crippen molar-refractivity contribution in [1.82, 2.24) is 15.2 Å². The van der Waals surface area contributed by atoms with Crippen molar-refractivity contribution in [1.29, 1.82) is 0 Å². The van der Waals surface area contributed by atoms with Crippen LogP contribution in [0.3, 0.4) is 0 Å². The van der Waals surface area contributed by atoms with Crippen molar-refractivity contribution in [3.05, 3.63) is 29.6 Å². The Hall–Kier alpha value is -1.63. The number of aromatic nitrogens is 1. The van der Waals surface area contributed by atoms with Crippen LogP contribution in [0, 0.1) is 0 Å². The fourth-order valence-corrected chi connectivity index (χ4v) is 2.81. The Morgan fingerprint density at radius 2 is 1.86 bits per heavy atom. The molecule has 1 aliphatic heterocycles. The number of alkyl halides is 3. The van der Waals surface area contributed by atoms with Gasteiger partial charge in [-0.2, -0.15) is 13.2 Å². The van der Waals surface area contributed by atoms with E-state index in [4.69, 9.17) is 0 Å². The Morgan fingerprint density at radius 1 is 1.18 bits per heavy atom. The molecule has 1 aromatic heterocycles. The van der Waals surface area contributed by atoms with Gasteiger partial charge < -0.3 is 10.2 Å². The first-order valence-corrected chi connectivity index (χ1v) is 7.51. The molecule has 1 aromatic rings. The topological polar surface area (TPSA) is 45.2 Å². The molecule has 4 nitrogen and oxygen atoms in total. The van der Waals surface area contributed by atoms with E-state index in [0.717, 1.165) is 44.2 Å². The fraction of sp³-hybridized carbons (Fsp3) is 0.600. The van der Waals surface area contributed by atoms with Gasteiger partial charge in [-0.05, 0) is 37.8 Å². The van der Waals surface area contributed by atoms with Crippen LogP contribution in [0.5, 0.6) is 0 Å². The molecule has 3 rings (SSSR count).